The van der Waals surface area contributed by atoms with E-state index >= 15 is 0 Å². The van der Waals surface area contributed by atoms with Crippen molar-refractivity contribution in [3.63, 3.8) is 0 Å². The van der Waals surface area contributed by atoms with Crippen molar-refractivity contribution in [2.45, 2.75) is 13.8 Å². The molecule has 2 amide bonds. The summed E-state index contributed by atoms with van der Waals surface area (Å²) in [5.41, 5.74) is 1.81. The van der Waals surface area contributed by atoms with Crippen LogP contribution in [-0.2, 0) is 4.79 Å². The highest BCUT2D eigenvalue weighted by molar-refractivity contribution is 7.14. The number of carbonyl (C=O) groups excluding carboxylic acids is 2. The maximum atomic E-state index is 13.1. The van der Waals surface area contributed by atoms with Gasteiger partial charge in [0.1, 0.15) is 5.82 Å². The van der Waals surface area contributed by atoms with Crippen LogP contribution >= 0.6 is 11.3 Å². The van der Waals surface area contributed by atoms with Gasteiger partial charge in [-0.3, -0.25) is 9.59 Å². The molecule has 6 heteroatoms. The Morgan fingerprint density at radius 3 is 2.50 bits per heavy atom. The number of hydrogen-bond donors (Lipinski definition) is 1. The van der Waals surface area contributed by atoms with Crippen LogP contribution in [0, 0.1) is 18.7 Å². The zero-order valence-corrected chi connectivity index (χ0v) is 15.0. The molecule has 1 aromatic carbocycles. The number of carbonyl (C=O) groups is 2. The topological polar surface area (TPSA) is 49.4 Å². The van der Waals surface area contributed by atoms with E-state index < -0.39 is 0 Å². The number of nitrogens with one attached hydrogen (secondary N) is 1. The lowest BCUT2D eigenvalue weighted by Crippen LogP contribution is -2.37. The fraction of sp³-hybridized carbons (Fsp3) is 0.333. The van der Waals surface area contributed by atoms with Crippen LogP contribution in [0.1, 0.15) is 21.5 Å². The van der Waals surface area contributed by atoms with E-state index in [-0.39, 0.29) is 23.5 Å². The minimum Gasteiger partial charge on any atom is -0.359 e. The maximum Gasteiger partial charge on any atom is 0.263 e. The van der Waals surface area contributed by atoms with Gasteiger partial charge in [0, 0.05) is 25.5 Å². The SMILES string of the molecule is CNC(=O)[C@H](C)CN(C)C(=O)c1cc(-c2ccc(F)cc2)c(C)s1. The first-order valence-electron chi connectivity index (χ1n) is 7.67. The summed E-state index contributed by atoms with van der Waals surface area (Å²) in [5, 5.41) is 2.58. The van der Waals surface area contributed by atoms with Gasteiger partial charge in [-0.15, -0.1) is 11.3 Å². The quantitative estimate of drug-likeness (QED) is 0.901. The van der Waals surface area contributed by atoms with Gasteiger partial charge in [0.15, 0.2) is 0 Å². The van der Waals surface area contributed by atoms with Gasteiger partial charge < -0.3 is 10.2 Å². The van der Waals surface area contributed by atoms with Gasteiger partial charge in [0.05, 0.1) is 10.8 Å². The summed E-state index contributed by atoms with van der Waals surface area (Å²) in [5.74, 6) is -0.774. The molecule has 0 saturated carbocycles. The average Bonchev–Trinajstić information content (AvgIpc) is 2.95. The predicted molar refractivity (Wildman–Crippen MR) is 94.6 cm³/mol. The van der Waals surface area contributed by atoms with Crippen LogP contribution in [-0.4, -0.2) is 37.4 Å². The number of hydrogen-bond acceptors (Lipinski definition) is 3. The highest BCUT2D eigenvalue weighted by Crippen LogP contribution is 2.31. The standard InChI is InChI=1S/C18H21FN2O2S/c1-11(17(22)20-3)10-21(4)18(23)16-9-15(12(2)24-16)13-5-7-14(19)8-6-13/h5-9,11H,10H2,1-4H3,(H,20,22)/t11-/m1/s1. The third-order valence-corrected chi connectivity index (χ3v) is 4.91. The Labute approximate surface area is 145 Å². The molecule has 0 bridgehead atoms. The molecule has 0 unspecified atom stereocenters. The second kappa shape index (κ2) is 7.57. The Hall–Kier alpha value is -2.21. The van der Waals surface area contributed by atoms with E-state index in [4.69, 9.17) is 0 Å². The summed E-state index contributed by atoms with van der Waals surface area (Å²) in [6.45, 7) is 4.07. The van der Waals surface area contributed by atoms with Gasteiger partial charge in [-0.2, -0.15) is 0 Å². The van der Waals surface area contributed by atoms with Crippen LogP contribution in [0.15, 0.2) is 30.3 Å². The van der Waals surface area contributed by atoms with E-state index in [0.29, 0.717) is 11.4 Å². The van der Waals surface area contributed by atoms with Crippen LogP contribution in [0.5, 0.6) is 0 Å². The molecule has 0 fully saturated rings. The second-order valence-corrected chi connectivity index (χ2v) is 7.04. The van der Waals surface area contributed by atoms with Gasteiger partial charge in [0.2, 0.25) is 5.91 Å². The van der Waals surface area contributed by atoms with Crippen molar-refractivity contribution in [2.24, 2.45) is 5.92 Å². The van der Waals surface area contributed by atoms with E-state index in [1.807, 2.05) is 13.0 Å². The number of halogens is 1. The number of aryl methyl sites for hydroxylation is 1. The zero-order valence-electron chi connectivity index (χ0n) is 14.2. The molecule has 0 aliphatic rings. The number of rotatable bonds is 5. The molecule has 1 heterocycles. The minimum atomic E-state index is -0.286. The Kier molecular flexibility index (Phi) is 5.72. The summed E-state index contributed by atoms with van der Waals surface area (Å²) >= 11 is 1.41. The fourth-order valence-electron chi connectivity index (χ4n) is 2.51. The summed E-state index contributed by atoms with van der Waals surface area (Å²) < 4.78 is 13.1. The summed E-state index contributed by atoms with van der Waals surface area (Å²) in [7, 11) is 3.27. The van der Waals surface area contributed by atoms with Crippen molar-refractivity contribution >= 4 is 23.2 Å². The van der Waals surface area contributed by atoms with Crippen molar-refractivity contribution in [3.05, 3.63) is 45.9 Å². The van der Waals surface area contributed by atoms with Crippen molar-refractivity contribution in [1.82, 2.24) is 10.2 Å². The van der Waals surface area contributed by atoms with Gasteiger partial charge in [0.25, 0.3) is 5.91 Å². The Morgan fingerprint density at radius 2 is 1.92 bits per heavy atom. The van der Waals surface area contributed by atoms with Gasteiger partial charge in [-0.25, -0.2) is 4.39 Å². The number of thiophene rings is 1. The second-order valence-electron chi connectivity index (χ2n) is 5.79. The van der Waals surface area contributed by atoms with E-state index in [9.17, 15) is 14.0 Å². The van der Waals surface area contributed by atoms with Crippen molar-refractivity contribution in [2.75, 3.05) is 20.6 Å². The van der Waals surface area contributed by atoms with Gasteiger partial charge in [-0.05, 0) is 36.2 Å². The van der Waals surface area contributed by atoms with E-state index in [0.717, 1.165) is 16.0 Å². The van der Waals surface area contributed by atoms with Crippen LogP contribution in [0.4, 0.5) is 4.39 Å². The molecule has 1 N–H and O–H groups in total. The normalized spacial score (nSPS) is 11.9. The molecular formula is C18H21FN2O2S. The third kappa shape index (κ3) is 4.00. The van der Waals surface area contributed by atoms with Crippen molar-refractivity contribution in [3.8, 4) is 11.1 Å². The third-order valence-electron chi connectivity index (χ3n) is 3.87. The highest BCUT2D eigenvalue weighted by Gasteiger charge is 2.21. The molecule has 2 aromatic rings. The zero-order chi connectivity index (χ0) is 17.9. The lowest BCUT2D eigenvalue weighted by molar-refractivity contribution is -0.124. The van der Waals surface area contributed by atoms with Gasteiger partial charge in [-0.1, -0.05) is 19.1 Å². The fourth-order valence-corrected chi connectivity index (χ4v) is 3.55. The van der Waals surface area contributed by atoms with Crippen LogP contribution < -0.4 is 5.32 Å². The highest BCUT2D eigenvalue weighted by atomic mass is 32.1. The Bertz CT molecular complexity index is 740. The molecule has 2 rings (SSSR count). The molecule has 4 nitrogen and oxygen atoms in total. The first kappa shape index (κ1) is 18.1. The van der Waals surface area contributed by atoms with Crippen molar-refractivity contribution in [1.29, 1.82) is 0 Å². The van der Waals surface area contributed by atoms with E-state index in [1.54, 1.807) is 38.1 Å². The summed E-state index contributed by atoms with van der Waals surface area (Å²) in [6, 6.07) is 8.05. The summed E-state index contributed by atoms with van der Waals surface area (Å²) in [6.07, 6.45) is 0. The van der Waals surface area contributed by atoms with Crippen LogP contribution in [0.2, 0.25) is 0 Å². The smallest absolute Gasteiger partial charge is 0.263 e. The molecule has 0 aliphatic heterocycles. The molecule has 128 valence electrons. The molecule has 0 saturated heterocycles. The molecule has 24 heavy (non-hydrogen) atoms. The van der Waals surface area contributed by atoms with Crippen LogP contribution in [0.3, 0.4) is 0 Å². The molecule has 1 atom stereocenters. The van der Waals surface area contributed by atoms with Crippen molar-refractivity contribution < 1.29 is 14.0 Å². The lowest BCUT2D eigenvalue weighted by Gasteiger charge is -2.20. The van der Waals surface area contributed by atoms with Crippen LogP contribution in [0.25, 0.3) is 11.1 Å². The Morgan fingerprint density at radius 1 is 1.29 bits per heavy atom. The first-order valence-corrected chi connectivity index (χ1v) is 8.48. The van der Waals surface area contributed by atoms with E-state index in [2.05, 4.69) is 5.32 Å². The van der Waals surface area contributed by atoms with E-state index in [1.165, 1.54) is 23.5 Å². The largest absolute Gasteiger partial charge is 0.359 e. The monoisotopic (exact) mass is 348 g/mol. The number of nitrogens with zero attached hydrogens (tertiary/aromatic N) is 1. The van der Waals surface area contributed by atoms with Gasteiger partial charge >= 0.3 is 0 Å². The number of amides is 2. The summed E-state index contributed by atoms with van der Waals surface area (Å²) in [4.78, 5) is 27.3. The number of benzene rings is 1. The first-order chi connectivity index (χ1) is 11.3. The minimum absolute atomic E-state index is 0.0935. The molecule has 0 radical (unpaired) electrons. The maximum absolute atomic E-state index is 13.1. The molecule has 0 spiro atoms. The average molecular weight is 348 g/mol. The Balaban J connectivity index is 2.17. The lowest BCUT2D eigenvalue weighted by atomic mass is 10.1. The molecule has 1 aromatic heterocycles. The molecular weight excluding hydrogens is 327 g/mol. The molecule has 0 aliphatic carbocycles. The predicted octanol–water partition coefficient (Wildman–Crippen LogP) is 3.32.